The third-order valence-corrected chi connectivity index (χ3v) is 4.06. The number of rotatable bonds is 6. The summed E-state index contributed by atoms with van der Waals surface area (Å²) in [6, 6.07) is 8.54. The zero-order valence-electron chi connectivity index (χ0n) is 12.6. The largest absolute Gasteiger partial charge is 0.382 e. The minimum Gasteiger partial charge on any atom is -0.382 e. The molecule has 1 aromatic heterocycles. The summed E-state index contributed by atoms with van der Waals surface area (Å²) in [7, 11) is 0. The van der Waals surface area contributed by atoms with Gasteiger partial charge in [-0.25, -0.2) is 4.98 Å². The summed E-state index contributed by atoms with van der Waals surface area (Å²) in [6.07, 6.45) is 0.980. The van der Waals surface area contributed by atoms with Crippen LogP contribution >= 0.6 is 0 Å². The molecule has 0 bridgehead atoms. The molecular formula is C16H24N4O. The predicted octanol–water partition coefficient (Wildman–Crippen LogP) is 1.94. The number of nitrogens with zero attached hydrogens (tertiary/aromatic N) is 2. The zero-order valence-corrected chi connectivity index (χ0v) is 12.6. The first-order valence-corrected chi connectivity index (χ1v) is 7.85. The molecule has 0 amide bonds. The van der Waals surface area contributed by atoms with Gasteiger partial charge in [0.05, 0.1) is 17.1 Å². The number of ether oxygens (including phenoxy) is 1. The van der Waals surface area contributed by atoms with Gasteiger partial charge in [0.2, 0.25) is 0 Å². The van der Waals surface area contributed by atoms with Crippen molar-refractivity contribution in [3.05, 3.63) is 30.1 Å². The van der Waals surface area contributed by atoms with E-state index in [4.69, 9.17) is 9.72 Å². The zero-order chi connectivity index (χ0) is 14.5. The number of para-hydroxylation sites is 2. The minimum absolute atomic E-state index is 0.311. The molecule has 1 saturated heterocycles. The predicted molar refractivity (Wildman–Crippen MR) is 84.4 cm³/mol. The standard InChI is InChI=1S/C16H24N4O/c1-2-21-12-7-15(20-10-8-17-9-11-20)16-18-13-5-3-4-6-14(13)19-16/h3-6,15,17H,2,7-12H2,1H3,(H,18,19). The molecule has 1 aliphatic heterocycles. The lowest BCUT2D eigenvalue weighted by Gasteiger charge is -2.33. The summed E-state index contributed by atoms with van der Waals surface area (Å²) in [5.74, 6) is 1.07. The fourth-order valence-electron chi connectivity index (χ4n) is 2.96. The molecule has 2 aromatic rings. The van der Waals surface area contributed by atoms with Gasteiger partial charge in [-0.2, -0.15) is 0 Å². The summed E-state index contributed by atoms with van der Waals surface area (Å²) in [5, 5.41) is 3.41. The van der Waals surface area contributed by atoms with E-state index >= 15 is 0 Å². The van der Waals surface area contributed by atoms with Crippen LogP contribution in [0.4, 0.5) is 0 Å². The van der Waals surface area contributed by atoms with E-state index in [2.05, 4.69) is 27.3 Å². The Bertz CT molecular complexity index is 529. The van der Waals surface area contributed by atoms with E-state index in [9.17, 15) is 0 Å². The highest BCUT2D eigenvalue weighted by atomic mass is 16.5. The average molecular weight is 288 g/mol. The van der Waals surface area contributed by atoms with Crippen molar-refractivity contribution < 1.29 is 4.74 Å². The molecule has 1 fully saturated rings. The van der Waals surface area contributed by atoms with E-state index in [1.54, 1.807) is 0 Å². The van der Waals surface area contributed by atoms with E-state index in [1.807, 2.05) is 19.1 Å². The fourth-order valence-corrected chi connectivity index (χ4v) is 2.96. The van der Waals surface area contributed by atoms with Crippen molar-refractivity contribution in [3.8, 4) is 0 Å². The molecule has 21 heavy (non-hydrogen) atoms. The monoisotopic (exact) mass is 288 g/mol. The average Bonchev–Trinajstić information content (AvgIpc) is 2.96. The first kappa shape index (κ1) is 14.5. The van der Waals surface area contributed by atoms with E-state index in [0.717, 1.165) is 62.7 Å². The second-order valence-electron chi connectivity index (χ2n) is 5.43. The van der Waals surface area contributed by atoms with Crippen molar-refractivity contribution in [2.45, 2.75) is 19.4 Å². The molecule has 114 valence electrons. The fraction of sp³-hybridized carbons (Fsp3) is 0.562. The number of benzene rings is 1. The number of piperazine rings is 1. The number of imidazole rings is 1. The molecule has 2 heterocycles. The third-order valence-electron chi connectivity index (χ3n) is 4.06. The Hall–Kier alpha value is -1.43. The number of H-pyrrole nitrogens is 1. The lowest BCUT2D eigenvalue weighted by molar-refractivity contribution is 0.0953. The van der Waals surface area contributed by atoms with Gasteiger partial charge in [0.1, 0.15) is 5.82 Å². The van der Waals surface area contributed by atoms with Gasteiger partial charge >= 0.3 is 0 Å². The first-order valence-electron chi connectivity index (χ1n) is 7.85. The number of aromatic amines is 1. The van der Waals surface area contributed by atoms with E-state index in [1.165, 1.54) is 0 Å². The van der Waals surface area contributed by atoms with Gasteiger partial charge in [-0.3, -0.25) is 4.90 Å². The molecule has 0 aliphatic carbocycles. The Labute approximate surface area is 125 Å². The molecule has 0 spiro atoms. The Morgan fingerprint density at radius 2 is 2.10 bits per heavy atom. The summed E-state index contributed by atoms with van der Waals surface area (Å²) < 4.78 is 5.57. The van der Waals surface area contributed by atoms with Gasteiger partial charge in [0.25, 0.3) is 0 Å². The van der Waals surface area contributed by atoms with E-state index in [0.29, 0.717) is 6.04 Å². The quantitative estimate of drug-likeness (QED) is 0.798. The Balaban J connectivity index is 1.81. The molecule has 1 aromatic carbocycles. The van der Waals surface area contributed by atoms with E-state index < -0.39 is 0 Å². The number of nitrogens with one attached hydrogen (secondary N) is 2. The third kappa shape index (κ3) is 3.43. The molecule has 0 radical (unpaired) electrons. The lowest BCUT2D eigenvalue weighted by atomic mass is 10.1. The van der Waals surface area contributed by atoms with Gasteiger partial charge in [-0.05, 0) is 25.5 Å². The van der Waals surface area contributed by atoms with Crippen LogP contribution in [0.2, 0.25) is 0 Å². The maximum absolute atomic E-state index is 5.57. The van der Waals surface area contributed by atoms with Crippen molar-refractivity contribution in [1.29, 1.82) is 0 Å². The number of fused-ring (bicyclic) bond motifs is 1. The van der Waals surface area contributed by atoms with Crippen LogP contribution in [0.1, 0.15) is 25.2 Å². The van der Waals surface area contributed by atoms with Crippen LogP contribution in [-0.2, 0) is 4.74 Å². The highest BCUT2D eigenvalue weighted by Crippen LogP contribution is 2.24. The van der Waals surface area contributed by atoms with Crippen molar-refractivity contribution in [1.82, 2.24) is 20.2 Å². The Morgan fingerprint density at radius 3 is 2.86 bits per heavy atom. The maximum Gasteiger partial charge on any atom is 0.124 e. The van der Waals surface area contributed by atoms with Crippen LogP contribution in [0.5, 0.6) is 0 Å². The minimum atomic E-state index is 0.311. The van der Waals surface area contributed by atoms with Crippen LogP contribution in [0.3, 0.4) is 0 Å². The summed E-state index contributed by atoms with van der Waals surface area (Å²) >= 11 is 0. The van der Waals surface area contributed by atoms with Gasteiger partial charge in [-0.1, -0.05) is 12.1 Å². The van der Waals surface area contributed by atoms with Gasteiger partial charge in [0, 0.05) is 39.4 Å². The smallest absolute Gasteiger partial charge is 0.124 e. The lowest BCUT2D eigenvalue weighted by Crippen LogP contribution is -2.45. The van der Waals surface area contributed by atoms with Crippen molar-refractivity contribution in [3.63, 3.8) is 0 Å². The van der Waals surface area contributed by atoms with Crippen LogP contribution in [0.15, 0.2) is 24.3 Å². The van der Waals surface area contributed by atoms with Gasteiger partial charge in [0.15, 0.2) is 0 Å². The molecule has 1 atom stereocenters. The number of hydrogen-bond donors (Lipinski definition) is 2. The van der Waals surface area contributed by atoms with Crippen molar-refractivity contribution >= 4 is 11.0 Å². The normalized spacial score (nSPS) is 18.1. The van der Waals surface area contributed by atoms with Crippen LogP contribution in [0.25, 0.3) is 11.0 Å². The van der Waals surface area contributed by atoms with Gasteiger partial charge in [-0.15, -0.1) is 0 Å². The highest BCUT2D eigenvalue weighted by molar-refractivity contribution is 5.74. The highest BCUT2D eigenvalue weighted by Gasteiger charge is 2.24. The summed E-state index contributed by atoms with van der Waals surface area (Å²) in [6.45, 7) is 7.82. The Kier molecular flexibility index (Phi) is 4.85. The van der Waals surface area contributed by atoms with Crippen LogP contribution in [0, 0.1) is 0 Å². The molecule has 2 N–H and O–H groups in total. The molecule has 1 unspecified atom stereocenters. The number of hydrogen-bond acceptors (Lipinski definition) is 4. The van der Waals surface area contributed by atoms with Crippen LogP contribution < -0.4 is 5.32 Å². The maximum atomic E-state index is 5.57. The first-order chi connectivity index (χ1) is 10.4. The molecule has 3 rings (SSSR count). The second-order valence-corrected chi connectivity index (χ2v) is 5.43. The van der Waals surface area contributed by atoms with E-state index in [-0.39, 0.29) is 0 Å². The Morgan fingerprint density at radius 1 is 1.29 bits per heavy atom. The molecule has 5 nitrogen and oxygen atoms in total. The second kappa shape index (κ2) is 7.02. The molecule has 1 aliphatic rings. The molecule has 5 heteroatoms. The van der Waals surface area contributed by atoms with Gasteiger partial charge < -0.3 is 15.0 Å². The summed E-state index contributed by atoms with van der Waals surface area (Å²) in [5.41, 5.74) is 2.16. The van der Waals surface area contributed by atoms with Crippen molar-refractivity contribution in [2.75, 3.05) is 39.4 Å². The van der Waals surface area contributed by atoms with Crippen LogP contribution in [-0.4, -0.2) is 54.3 Å². The summed E-state index contributed by atoms with van der Waals surface area (Å²) in [4.78, 5) is 10.8. The van der Waals surface area contributed by atoms with Crippen molar-refractivity contribution in [2.24, 2.45) is 0 Å². The molecular weight excluding hydrogens is 264 g/mol. The number of aromatic nitrogens is 2. The SMILES string of the molecule is CCOCCC(c1nc2ccccc2[nH]1)N1CCNCC1. The topological polar surface area (TPSA) is 53.2 Å². The molecule has 0 saturated carbocycles.